The average Bonchev–Trinajstić information content (AvgIpc) is 2.86. The summed E-state index contributed by atoms with van der Waals surface area (Å²) in [5.74, 6) is 0.381. The fourth-order valence-electron chi connectivity index (χ4n) is 1.78. The quantitative estimate of drug-likeness (QED) is 0.755. The molecule has 0 spiro atoms. The molecule has 2 aromatic heterocycles. The Morgan fingerprint density at radius 1 is 1.39 bits per heavy atom. The number of hydrogen-bond donors (Lipinski definition) is 0. The molecule has 0 fully saturated rings. The molecule has 0 atom stereocenters. The summed E-state index contributed by atoms with van der Waals surface area (Å²) >= 11 is 0. The third-order valence-electron chi connectivity index (χ3n) is 2.63. The Kier molecular flexibility index (Phi) is 3.72. The molecule has 0 saturated heterocycles. The second kappa shape index (κ2) is 5.44. The Labute approximate surface area is 105 Å². The first kappa shape index (κ1) is 12.3. The molecular formula is C13H15N3O2. The van der Waals surface area contributed by atoms with E-state index in [0.29, 0.717) is 17.0 Å². The zero-order valence-electron chi connectivity index (χ0n) is 10.5. The van der Waals surface area contributed by atoms with Crippen molar-refractivity contribution >= 4 is 5.78 Å². The van der Waals surface area contributed by atoms with Crippen LogP contribution in [0.5, 0.6) is 5.75 Å². The number of carbonyl (C=O) groups excluding carboxylic acids is 1. The summed E-state index contributed by atoms with van der Waals surface area (Å²) < 4.78 is 6.86. The monoisotopic (exact) mass is 245 g/mol. The van der Waals surface area contributed by atoms with Crippen LogP contribution in [0, 0.1) is 0 Å². The minimum atomic E-state index is -0.0970. The average molecular weight is 245 g/mol. The minimum Gasteiger partial charge on any atom is -0.494 e. The fraction of sp³-hybridized carbons (Fsp3) is 0.308. The van der Waals surface area contributed by atoms with Crippen molar-refractivity contribution in [3.8, 4) is 5.75 Å². The van der Waals surface area contributed by atoms with Crippen LogP contribution < -0.4 is 4.74 Å². The van der Waals surface area contributed by atoms with Gasteiger partial charge < -0.3 is 4.74 Å². The summed E-state index contributed by atoms with van der Waals surface area (Å²) in [5.41, 5.74) is 1.08. The van der Waals surface area contributed by atoms with Crippen molar-refractivity contribution in [2.24, 2.45) is 0 Å². The van der Waals surface area contributed by atoms with Gasteiger partial charge in [0.25, 0.3) is 0 Å². The highest BCUT2D eigenvalue weighted by atomic mass is 16.5. The van der Waals surface area contributed by atoms with Gasteiger partial charge >= 0.3 is 0 Å². The lowest BCUT2D eigenvalue weighted by Crippen LogP contribution is -2.12. The summed E-state index contributed by atoms with van der Waals surface area (Å²) in [5, 5.41) is 4.15. The summed E-state index contributed by atoms with van der Waals surface area (Å²) in [7, 11) is 1.52. The molecular weight excluding hydrogens is 230 g/mol. The van der Waals surface area contributed by atoms with Gasteiger partial charge in [-0.15, -0.1) is 0 Å². The van der Waals surface area contributed by atoms with E-state index in [1.807, 2.05) is 6.92 Å². The van der Waals surface area contributed by atoms with E-state index in [1.54, 1.807) is 29.2 Å². The summed E-state index contributed by atoms with van der Waals surface area (Å²) in [6, 6.07) is 3.38. The number of aryl methyl sites for hydroxylation is 1. The van der Waals surface area contributed by atoms with E-state index in [4.69, 9.17) is 4.74 Å². The van der Waals surface area contributed by atoms with E-state index in [2.05, 4.69) is 10.1 Å². The van der Waals surface area contributed by atoms with Gasteiger partial charge in [0.15, 0.2) is 0 Å². The van der Waals surface area contributed by atoms with Crippen LogP contribution in [0.4, 0.5) is 0 Å². The van der Waals surface area contributed by atoms with Gasteiger partial charge in [-0.05, 0) is 18.6 Å². The SMILES string of the molecule is CCCn1nccc1C(=O)c1ccncc1OC. The molecule has 94 valence electrons. The normalized spacial score (nSPS) is 10.3. The second-order valence-corrected chi connectivity index (χ2v) is 3.84. The van der Waals surface area contributed by atoms with Crippen molar-refractivity contribution in [2.75, 3.05) is 7.11 Å². The Bertz CT molecular complexity index is 549. The third kappa shape index (κ3) is 2.25. The zero-order chi connectivity index (χ0) is 13.0. The van der Waals surface area contributed by atoms with Crippen LogP contribution in [0.1, 0.15) is 29.4 Å². The van der Waals surface area contributed by atoms with Crippen molar-refractivity contribution in [3.05, 3.63) is 42.0 Å². The molecule has 18 heavy (non-hydrogen) atoms. The predicted octanol–water partition coefficient (Wildman–Crippen LogP) is 1.93. The van der Waals surface area contributed by atoms with Gasteiger partial charge in [-0.3, -0.25) is 14.5 Å². The predicted molar refractivity (Wildman–Crippen MR) is 66.7 cm³/mol. The lowest BCUT2D eigenvalue weighted by atomic mass is 10.1. The number of ketones is 1. The molecule has 0 N–H and O–H groups in total. The summed E-state index contributed by atoms with van der Waals surface area (Å²) in [4.78, 5) is 16.4. The van der Waals surface area contributed by atoms with E-state index < -0.39 is 0 Å². The van der Waals surface area contributed by atoms with E-state index in [1.165, 1.54) is 13.3 Å². The second-order valence-electron chi connectivity index (χ2n) is 3.84. The van der Waals surface area contributed by atoms with Gasteiger partial charge in [0.05, 0.1) is 18.9 Å². The highest BCUT2D eigenvalue weighted by Gasteiger charge is 2.17. The Morgan fingerprint density at radius 3 is 2.94 bits per heavy atom. The largest absolute Gasteiger partial charge is 0.494 e. The van der Waals surface area contributed by atoms with E-state index in [9.17, 15) is 4.79 Å². The van der Waals surface area contributed by atoms with Crippen molar-refractivity contribution in [1.82, 2.24) is 14.8 Å². The Morgan fingerprint density at radius 2 is 2.22 bits per heavy atom. The molecule has 0 unspecified atom stereocenters. The molecule has 2 rings (SSSR count). The maximum Gasteiger partial charge on any atom is 0.214 e. The van der Waals surface area contributed by atoms with Crippen LogP contribution in [0.3, 0.4) is 0 Å². The smallest absolute Gasteiger partial charge is 0.214 e. The van der Waals surface area contributed by atoms with Gasteiger partial charge in [-0.2, -0.15) is 5.10 Å². The Balaban J connectivity index is 2.38. The summed E-state index contributed by atoms with van der Waals surface area (Å²) in [6.07, 6.45) is 5.68. The third-order valence-corrected chi connectivity index (χ3v) is 2.63. The first-order valence-corrected chi connectivity index (χ1v) is 5.82. The lowest BCUT2D eigenvalue weighted by molar-refractivity contribution is 0.102. The molecule has 0 aliphatic carbocycles. The molecule has 0 saturated carbocycles. The van der Waals surface area contributed by atoms with E-state index in [0.717, 1.165) is 13.0 Å². The summed E-state index contributed by atoms with van der Waals surface area (Å²) in [6.45, 7) is 2.77. The van der Waals surface area contributed by atoms with Crippen LogP contribution >= 0.6 is 0 Å². The number of aromatic nitrogens is 3. The number of hydrogen-bond acceptors (Lipinski definition) is 4. The zero-order valence-corrected chi connectivity index (χ0v) is 10.5. The molecule has 5 heteroatoms. The highest BCUT2D eigenvalue weighted by molar-refractivity contribution is 6.09. The first-order chi connectivity index (χ1) is 8.77. The van der Waals surface area contributed by atoms with Crippen LogP contribution in [-0.2, 0) is 6.54 Å². The Hall–Kier alpha value is -2.17. The number of carbonyl (C=O) groups is 1. The van der Waals surface area contributed by atoms with Crippen molar-refractivity contribution in [2.45, 2.75) is 19.9 Å². The van der Waals surface area contributed by atoms with Gasteiger partial charge in [0, 0.05) is 18.9 Å². The number of rotatable bonds is 5. The maximum absolute atomic E-state index is 12.4. The van der Waals surface area contributed by atoms with Gasteiger partial charge in [-0.25, -0.2) is 0 Å². The molecule has 0 aromatic carbocycles. The minimum absolute atomic E-state index is 0.0970. The first-order valence-electron chi connectivity index (χ1n) is 5.82. The number of methoxy groups -OCH3 is 1. The molecule has 2 heterocycles. The van der Waals surface area contributed by atoms with Gasteiger partial charge in [-0.1, -0.05) is 6.92 Å². The van der Waals surface area contributed by atoms with Gasteiger partial charge in [0.1, 0.15) is 11.4 Å². The lowest BCUT2D eigenvalue weighted by Gasteiger charge is -2.08. The van der Waals surface area contributed by atoms with E-state index >= 15 is 0 Å². The highest BCUT2D eigenvalue weighted by Crippen LogP contribution is 2.19. The van der Waals surface area contributed by atoms with Gasteiger partial charge in [0.2, 0.25) is 5.78 Å². The van der Waals surface area contributed by atoms with E-state index in [-0.39, 0.29) is 5.78 Å². The molecule has 0 bridgehead atoms. The van der Waals surface area contributed by atoms with Crippen molar-refractivity contribution in [3.63, 3.8) is 0 Å². The van der Waals surface area contributed by atoms with Crippen LogP contribution in [0.2, 0.25) is 0 Å². The number of pyridine rings is 1. The molecule has 0 radical (unpaired) electrons. The standard InChI is InChI=1S/C13H15N3O2/c1-3-8-16-11(5-7-15-16)13(17)10-4-6-14-9-12(10)18-2/h4-7,9H,3,8H2,1-2H3. The molecule has 5 nitrogen and oxygen atoms in total. The van der Waals surface area contributed by atoms with Crippen molar-refractivity contribution < 1.29 is 9.53 Å². The van der Waals surface area contributed by atoms with Crippen LogP contribution in [0.25, 0.3) is 0 Å². The van der Waals surface area contributed by atoms with Crippen LogP contribution in [0.15, 0.2) is 30.7 Å². The molecule has 0 aliphatic heterocycles. The molecule has 0 amide bonds. The topological polar surface area (TPSA) is 57.0 Å². The molecule has 2 aromatic rings. The van der Waals surface area contributed by atoms with Crippen molar-refractivity contribution in [1.29, 1.82) is 0 Å². The molecule has 0 aliphatic rings. The number of nitrogens with zero attached hydrogens (tertiary/aromatic N) is 3. The fourth-order valence-corrected chi connectivity index (χ4v) is 1.78. The maximum atomic E-state index is 12.4. The van der Waals surface area contributed by atoms with Crippen LogP contribution in [-0.4, -0.2) is 27.7 Å². The number of ether oxygens (including phenoxy) is 1.